The molecule has 3 aromatic rings. The molecule has 168 valence electrons. The molecule has 0 aliphatic heterocycles. The minimum Gasteiger partial charge on any atom is -0.332 e. The summed E-state index contributed by atoms with van der Waals surface area (Å²) in [5, 5.41) is 1.18. The third-order valence-corrected chi connectivity index (χ3v) is 6.46. The van der Waals surface area contributed by atoms with Crippen LogP contribution in [0.4, 0.5) is 0 Å². The fourth-order valence-electron chi connectivity index (χ4n) is 4.33. The van der Waals surface area contributed by atoms with Crippen LogP contribution >= 0.6 is 11.6 Å². The third kappa shape index (κ3) is 4.31. The number of hydrogen-bond acceptors (Lipinski definition) is 3. The molecule has 0 N–H and O–H groups in total. The first kappa shape index (κ1) is 22.5. The van der Waals surface area contributed by atoms with E-state index in [0.29, 0.717) is 34.7 Å². The van der Waals surface area contributed by atoms with E-state index in [-0.39, 0.29) is 23.4 Å². The maximum atomic E-state index is 13.7. The summed E-state index contributed by atoms with van der Waals surface area (Å²) in [5.74, 6) is 0.914. The zero-order valence-corrected chi connectivity index (χ0v) is 19.7. The Labute approximate surface area is 194 Å². The van der Waals surface area contributed by atoms with Crippen LogP contribution in [0, 0.1) is 12.8 Å². The lowest BCUT2D eigenvalue weighted by molar-refractivity contribution is -0.135. The van der Waals surface area contributed by atoms with E-state index in [1.54, 1.807) is 16.7 Å². The lowest BCUT2D eigenvalue weighted by Crippen LogP contribution is -2.40. The highest BCUT2D eigenvalue weighted by Crippen LogP contribution is 2.36. The standard InChI is InChI=1S/C26H30ClN3O2/c1-4-6-15-29(25(31)18-11-12-18)22(5-2)24-28-21-10-8-7-9-20(21)26(32)30(24)23-14-13-19(27)16-17(23)3/h7-10,13-14,16,18,22H,4-6,11-12,15H2,1-3H3. The number of halogens is 1. The molecule has 5 nitrogen and oxygen atoms in total. The first-order valence-corrected chi connectivity index (χ1v) is 11.9. The van der Waals surface area contributed by atoms with Crippen molar-refractivity contribution in [2.75, 3.05) is 6.54 Å². The van der Waals surface area contributed by atoms with Crippen molar-refractivity contribution in [2.24, 2.45) is 5.92 Å². The summed E-state index contributed by atoms with van der Waals surface area (Å²) in [6.07, 6.45) is 4.50. The highest BCUT2D eigenvalue weighted by molar-refractivity contribution is 6.30. The molecule has 0 spiro atoms. The SMILES string of the molecule is CCCCN(C(=O)C1CC1)C(CC)c1nc2ccccc2c(=O)n1-c1ccc(Cl)cc1C. The second-order valence-electron chi connectivity index (χ2n) is 8.64. The molecular formula is C26H30ClN3O2. The Morgan fingerprint density at radius 3 is 2.62 bits per heavy atom. The van der Waals surface area contributed by atoms with Gasteiger partial charge in [0.15, 0.2) is 0 Å². The van der Waals surface area contributed by atoms with Crippen LogP contribution in [0.15, 0.2) is 47.3 Å². The van der Waals surface area contributed by atoms with Gasteiger partial charge in [-0.25, -0.2) is 4.98 Å². The lowest BCUT2D eigenvalue weighted by atomic mass is 10.1. The molecule has 1 fully saturated rings. The number of fused-ring (bicyclic) bond motifs is 1. The quantitative estimate of drug-likeness (QED) is 0.432. The minimum atomic E-state index is -0.276. The van der Waals surface area contributed by atoms with Gasteiger partial charge in [-0.15, -0.1) is 0 Å². The van der Waals surface area contributed by atoms with Gasteiger partial charge in [0, 0.05) is 17.5 Å². The maximum absolute atomic E-state index is 13.7. The topological polar surface area (TPSA) is 55.2 Å². The summed E-state index contributed by atoms with van der Waals surface area (Å²) in [7, 11) is 0. The van der Waals surface area contributed by atoms with Gasteiger partial charge < -0.3 is 4.90 Å². The molecule has 0 radical (unpaired) electrons. The molecule has 1 saturated carbocycles. The van der Waals surface area contributed by atoms with Gasteiger partial charge in [-0.3, -0.25) is 14.2 Å². The predicted octanol–water partition coefficient (Wildman–Crippen LogP) is 5.84. The van der Waals surface area contributed by atoms with E-state index in [0.717, 1.165) is 36.9 Å². The van der Waals surface area contributed by atoms with E-state index in [2.05, 4.69) is 13.8 Å². The van der Waals surface area contributed by atoms with Crippen molar-refractivity contribution in [3.8, 4) is 5.69 Å². The van der Waals surface area contributed by atoms with E-state index >= 15 is 0 Å². The molecule has 0 saturated heterocycles. The fourth-order valence-corrected chi connectivity index (χ4v) is 4.56. The van der Waals surface area contributed by atoms with Gasteiger partial charge in [0.2, 0.25) is 5.91 Å². The van der Waals surface area contributed by atoms with Crippen molar-refractivity contribution in [3.63, 3.8) is 0 Å². The minimum absolute atomic E-state index is 0.110. The highest BCUT2D eigenvalue weighted by Gasteiger charge is 2.37. The van der Waals surface area contributed by atoms with Crippen LogP contribution in [-0.4, -0.2) is 26.9 Å². The molecule has 1 unspecified atom stereocenters. The monoisotopic (exact) mass is 451 g/mol. The molecule has 4 rings (SSSR count). The van der Waals surface area contributed by atoms with Gasteiger partial charge in [-0.05, 0) is 68.5 Å². The summed E-state index contributed by atoms with van der Waals surface area (Å²) < 4.78 is 1.70. The van der Waals surface area contributed by atoms with Gasteiger partial charge >= 0.3 is 0 Å². The van der Waals surface area contributed by atoms with Crippen LogP contribution in [0.1, 0.15) is 63.4 Å². The summed E-state index contributed by atoms with van der Waals surface area (Å²) in [5.41, 5.74) is 2.17. The van der Waals surface area contributed by atoms with Crippen LogP contribution in [-0.2, 0) is 4.79 Å². The van der Waals surface area contributed by atoms with E-state index in [4.69, 9.17) is 16.6 Å². The molecule has 1 atom stereocenters. The Balaban J connectivity index is 1.96. The molecule has 6 heteroatoms. The van der Waals surface area contributed by atoms with Crippen LogP contribution in [0.25, 0.3) is 16.6 Å². The zero-order chi connectivity index (χ0) is 22.8. The molecule has 2 aromatic carbocycles. The van der Waals surface area contributed by atoms with Gasteiger partial charge in [0.1, 0.15) is 5.82 Å². The zero-order valence-electron chi connectivity index (χ0n) is 19.0. The first-order valence-electron chi connectivity index (χ1n) is 11.5. The predicted molar refractivity (Wildman–Crippen MR) is 129 cm³/mol. The first-order chi connectivity index (χ1) is 15.5. The van der Waals surface area contributed by atoms with Gasteiger partial charge in [0.25, 0.3) is 5.56 Å². The number of carbonyl (C=O) groups excluding carboxylic acids is 1. The average molecular weight is 452 g/mol. The Hall–Kier alpha value is -2.66. The number of benzene rings is 2. The van der Waals surface area contributed by atoms with E-state index in [1.807, 2.05) is 42.2 Å². The molecule has 1 aromatic heterocycles. The maximum Gasteiger partial charge on any atom is 0.266 e. The number of unbranched alkanes of at least 4 members (excludes halogenated alkanes) is 1. The Kier molecular flexibility index (Phi) is 6.66. The summed E-state index contributed by atoms with van der Waals surface area (Å²) in [6, 6.07) is 12.7. The number of aryl methyl sites for hydroxylation is 1. The molecule has 1 amide bonds. The van der Waals surface area contributed by atoms with Crippen molar-refractivity contribution in [1.82, 2.24) is 14.5 Å². The number of para-hydroxylation sites is 1. The molecular weight excluding hydrogens is 422 g/mol. The smallest absolute Gasteiger partial charge is 0.266 e. The number of carbonyl (C=O) groups is 1. The van der Waals surface area contributed by atoms with E-state index < -0.39 is 0 Å². The number of nitrogens with zero attached hydrogens (tertiary/aromatic N) is 3. The molecule has 32 heavy (non-hydrogen) atoms. The van der Waals surface area contributed by atoms with Gasteiger partial charge in [-0.2, -0.15) is 0 Å². The fraction of sp³-hybridized carbons (Fsp3) is 0.423. The normalized spacial score (nSPS) is 14.5. The third-order valence-electron chi connectivity index (χ3n) is 6.22. The number of rotatable bonds is 8. The van der Waals surface area contributed by atoms with Crippen LogP contribution in [0.2, 0.25) is 5.02 Å². The van der Waals surface area contributed by atoms with Crippen molar-refractivity contribution in [1.29, 1.82) is 0 Å². The van der Waals surface area contributed by atoms with Crippen molar-refractivity contribution in [2.45, 2.75) is 58.9 Å². The summed E-state index contributed by atoms with van der Waals surface area (Å²) >= 11 is 6.20. The average Bonchev–Trinajstić information content (AvgIpc) is 3.63. The van der Waals surface area contributed by atoms with Gasteiger partial charge in [-0.1, -0.05) is 44.0 Å². The number of aromatic nitrogens is 2. The van der Waals surface area contributed by atoms with Gasteiger partial charge in [0.05, 0.1) is 22.6 Å². The second-order valence-corrected chi connectivity index (χ2v) is 9.08. The van der Waals surface area contributed by atoms with E-state index in [9.17, 15) is 9.59 Å². The Morgan fingerprint density at radius 2 is 1.97 bits per heavy atom. The van der Waals surface area contributed by atoms with Crippen molar-refractivity contribution in [3.05, 3.63) is 69.2 Å². The molecule has 1 aliphatic rings. The molecule has 1 aliphatic carbocycles. The highest BCUT2D eigenvalue weighted by atomic mass is 35.5. The lowest BCUT2D eigenvalue weighted by Gasteiger charge is -2.33. The van der Waals surface area contributed by atoms with Crippen molar-refractivity contribution < 1.29 is 4.79 Å². The van der Waals surface area contributed by atoms with Crippen LogP contribution in [0.5, 0.6) is 0 Å². The second kappa shape index (κ2) is 9.45. The largest absolute Gasteiger partial charge is 0.332 e. The molecule has 0 bridgehead atoms. The Bertz CT molecular complexity index is 1200. The summed E-state index contributed by atoms with van der Waals surface area (Å²) in [4.78, 5) is 34.0. The Morgan fingerprint density at radius 1 is 1.22 bits per heavy atom. The number of hydrogen-bond donors (Lipinski definition) is 0. The van der Waals surface area contributed by atoms with Crippen LogP contribution < -0.4 is 5.56 Å². The van der Waals surface area contributed by atoms with Crippen molar-refractivity contribution >= 4 is 28.4 Å². The van der Waals surface area contributed by atoms with E-state index in [1.165, 1.54) is 0 Å². The van der Waals surface area contributed by atoms with Crippen LogP contribution in [0.3, 0.4) is 0 Å². The molecule has 1 heterocycles. The number of amides is 1. The summed E-state index contributed by atoms with van der Waals surface area (Å²) in [6.45, 7) is 6.80.